The van der Waals surface area contributed by atoms with Crippen molar-refractivity contribution in [3.63, 3.8) is 0 Å². The molecule has 0 aliphatic rings. The molecule has 1 aromatic rings. The Kier molecular flexibility index (Phi) is 6.38. The zero-order valence-electron chi connectivity index (χ0n) is 10.3. The van der Waals surface area contributed by atoms with Gasteiger partial charge in [0.15, 0.2) is 6.29 Å². The lowest BCUT2D eigenvalue weighted by atomic mass is 10.3. The Balaban J connectivity index is 2.73. The first-order valence-corrected chi connectivity index (χ1v) is 6.97. The molecule has 1 atom stereocenters. The normalized spacial score (nSPS) is 12.9. The third-order valence-electron chi connectivity index (χ3n) is 2.13. The minimum absolute atomic E-state index is 0.0181. The van der Waals surface area contributed by atoms with E-state index in [1.807, 2.05) is 0 Å². The van der Waals surface area contributed by atoms with Gasteiger partial charge in [-0.1, -0.05) is 0 Å². The minimum Gasteiger partial charge on any atom is -0.352 e. The summed E-state index contributed by atoms with van der Waals surface area (Å²) in [5.41, 5.74) is 0. The first-order valence-electron chi connectivity index (χ1n) is 5.65. The molecular weight excluding hydrogens is 262 g/mol. The van der Waals surface area contributed by atoms with Crippen LogP contribution < -0.4 is 0 Å². The molecule has 0 aliphatic carbocycles. The van der Waals surface area contributed by atoms with Crippen molar-refractivity contribution in [2.24, 2.45) is 0 Å². The molecule has 1 rings (SSSR count). The van der Waals surface area contributed by atoms with Crippen LogP contribution in [-0.2, 0) is 20.3 Å². The van der Waals surface area contributed by atoms with E-state index in [1.165, 1.54) is 6.07 Å². The summed E-state index contributed by atoms with van der Waals surface area (Å²) in [5.74, 6) is -1.50. The molecule has 1 aromatic carbocycles. The zero-order chi connectivity index (χ0) is 13.5. The summed E-state index contributed by atoms with van der Waals surface area (Å²) in [6.45, 7) is 4.39. The highest BCUT2D eigenvalue weighted by atomic mass is 32.2. The van der Waals surface area contributed by atoms with Crippen molar-refractivity contribution < 1.29 is 22.5 Å². The summed E-state index contributed by atoms with van der Waals surface area (Å²) >= 11 is 0. The summed E-state index contributed by atoms with van der Waals surface area (Å²) in [6.07, 6.45) is -0.648. The van der Waals surface area contributed by atoms with E-state index in [1.54, 1.807) is 13.8 Å². The predicted molar refractivity (Wildman–Crippen MR) is 64.7 cm³/mol. The first kappa shape index (κ1) is 15.2. The van der Waals surface area contributed by atoms with Gasteiger partial charge in [-0.05, 0) is 26.0 Å². The summed E-state index contributed by atoms with van der Waals surface area (Å²) in [5, 5.41) is 0. The summed E-state index contributed by atoms with van der Waals surface area (Å²) in [7, 11) is -1.63. The average Bonchev–Trinajstić information content (AvgIpc) is 2.29. The molecule has 0 saturated heterocycles. The Morgan fingerprint density at radius 1 is 1.22 bits per heavy atom. The van der Waals surface area contributed by atoms with E-state index in [0.29, 0.717) is 19.3 Å². The van der Waals surface area contributed by atoms with Crippen molar-refractivity contribution in [2.45, 2.75) is 25.0 Å². The van der Waals surface area contributed by atoms with E-state index in [4.69, 9.17) is 9.47 Å². The molecule has 0 bridgehead atoms. The van der Waals surface area contributed by atoms with Crippen molar-refractivity contribution in [3.05, 3.63) is 29.8 Å². The Labute approximate surface area is 108 Å². The molecule has 1 unspecified atom stereocenters. The molecule has 0 radical (unpaired) electrons. The monoisotopic (exact) mass is 278 g/mol. The van der Waals surface area contributed by atoms with Crippen LogP contribution in [0.4, 0.5) is 8.78 Å². The maximum atomic E-state index is 13.4. The van der Waals surface area contributed by atoms with Gasteiger partial charge >= 0.3 is 0 Å². The van der Waals surface area contributed by atoms with Crippen LogP contribution in [0.2, 0.25) is 0 Å². The van der Waals surface area contributed by atoms with Gasteiger partial charge in [0, 0.05) is 19.3 Å². The smallest absolute Gasteiger partial charge is 0.169 e. The molecule has 18 heavy (non-hydrogen) atoms. The van der Waals surface area contributed by atoms with Crippen LogP contribution in [0.5, 0.6) is 0 Å². The van der Waals surface area contributed by atoms with Gasteiger partial charge < -0.3 is 9.47 Å². The number of halogens is 2. The van der Waals surface area contributed by atoms with Crippen LogP contribution >= 0.6 is 0 Å². The quantitative estimate of drug-likeness (QED) is 0.719. The van der Waals surface area contributed by atoms with Crippen molar-refractivity contribution >= 4 is 10.8 Å². The number of hydrogen-bond donors (Lipinski definition) is 0. The molecule has 6 heteroatoms. The highest BCUT2D eigenvalue weighted by Crippen LogP contribution is 2.15. The number of hydrogen-bond acceptors (Lipinski definition) is 3. The second-order valence-corrected chi connectivity index (χ2v) is 4.89. The number of rotatable bonds is 7. The van der Waals surface area contributed by atoms with Crippen LogP contribution in [0.3, 0.4) is 0 Å². The zero-order valence-corrected chi connectivity index (χ0v) is 11.1. The highest BCUT2D eigenvalue weighted by molar-refractivity contribution is 7.85. The largest absolute Gasteiger partial charge is 0.352 e. The Hall–Kier alpha value is -0.850. The van der Waals surface area contributed by atoms with Crippen LogP contribution in [0, 0.1) is 11.6 Å². The first-order chi connectivity index (χ1) is 8.58. The molecule has 102 valence electrons. The van der Waals surface area contributed by atoms with Gasteiger partial charge in [0.2, 0.25) is 0 Å². The van der Waals surface area contributed by atoms with Gasteiger partial charge in [-0.3, -0.25) is 4.21 Å². The standard InChI is InChI=1S/C12H16F2O3S/c1-3-16-12(17-4-2)8-18(15)11-6-5-9(13)7-10(11)14/h5-7,12H,3-4,8H2,1-2H3. The fourth-order valence-electron chi connectivity index (χ4n) is 1.39. The van der Waals surface area contributed by atoms with Crippen LogP contribution in [-0.4, -0.2) is 29.5 Å². The summed E-state index contributed by atoms with van der Waals surface area (Å²) in [4.78, 5) is -0.0409. The molecule has 0 aliphatic heterocycles. The highest BCUT2D eigenvalue weighted by Gasteiger charge is 2.17. The lowest BCUT2D eigenvalue weighted by Crippen LogP contribution is -2.24. The van der Waals surface area contributed by atoms with Gasteiger partial charge in [0.25, 0.3) is 0 Å². The van der Waals surface area contributed by atoms with Gasteiger partial charge in [-0.2, -0.15) is 0 Å². The van der Waals surface area contributed by atoms with Crippen molar-refractivity contribution in [1.29, 1.82) is 0 Å². The summed E-state index contributed by atoms with van der Waals surface area (Å²) < 4.78 is 48.5. The summed E-state index contributed by atoms with van der Waals surface area (Å²) in [6, 6.07) is 2.96. The molecule has 0 fully saturated rings. The fraction of sp³-hybridized carbons (Fsp3) is 0.500. The van der Waals surface area contributed by atoms with E-state index >= 15 is 0 Å². The molecule has 3 nitrogen and oxygen atoms in total. The Morgan fingerprint density at radius 2 is 1.83 bits per heavy atom. The lowest BCUT2D eigenvalue weighted by molar-refractivity contribution is -0.120. The molecule has 0 heterocycles. The van der Waals surface area contributed by atoms with Gasteiger partial charge in [0.1, 0.15) is 11.6 Å². The molecule has 0 amide bonds. The van der Waals surface area contributed by atoms with E-state index in [2.05, 4.69) is 0 Å². The SMILES string of the molecule is CCOC(CS(=O)c1ccc(F)cc1F)OCC. The average molecular weight is 278 g/mol. The number of benzene rings is 1. The third kappa shape index (κ3) is 4.44. The molecule has 0 saturated carbocycles. The maximum absolute atomic E-state index is 13.4. The van der Waals surface area contributed by atoms with Gasteiger partial charge in [-0.25, -0.2) is 8.78 Å². The predicted octanol–water partition coefficient (Wildman–Crippen LogP) is 2.47. The third-order valence-corrected chi connectivity index (χ3v) is 3.53. The van der Waals surface area contributed by atoms with Gasteiger partial charge in [-0.15, -0.1) is 0 Å². The maximum Gasteiger partial charge on any atom is 0.169 e. The molecule has 0 aromatic heterocycles. The van der Waals surface area contributed by atoms with E-state index in [-0.39, 0.29) is 10.6 Å². The van der Waals surface area contributed by atoms with Crippen LogP contribution in [0.1, 0.15) is 13.8 Å². The Bertz CT molecular complexity index is 406. The molecular formula is C12H16F2O3S. The van der Waals surface area contributed by atoms with Crippen molar-refractivity contribution in [1.82, 2.24) is 0 Å². The van der Waals surface area contributed by atoms with E-state index < -0.39 is 28.7 Å². The van der Waals surface area contributed by atoms with Crippen LogP contribution in [0.25, 0.3) is 0 Å². The minimum atomic E-state index is -1.63. The lowest BCUT2D eigenvalue weighted by Gasteiger charge is -2.16. The molecule has 0 spiro atoms. The fourth-order valence-corrected chi connectivity index (χ4v) is 2.50. The van der Waals surface area contributed by atoms with Gasteiger partial charge in [0.05, 0.1) is 21.4 Å². The van der Waals surface area contributed by atoms with Crippen LogP contribution in [0.15, 0.2) is 23.1 Å². The van der Waals surface area contributed by atoms with Crippen molar-refractivity contribution in [3.8, 4) is 0 Å². The second-order valence-electron chi connectivity index (χ2n) is 3.43. The number of ether oxygens (including phenoxy) is 2. The van der Waals surface area contributed by atoms with E-state index in [9.17, 15) is 13.0 Å². The van der Waals surface area contributed by atoms with Crippen molar-refractivity contribution in [2.75, 3.05) is 19.0 Å². The Morgan fingerprint density at radius 3 is 2.33 bits per heavy atom. The second kappa shape index (κ2) is 7.56. The van der Waals surface area contributed by atoms with E-state index in [0.717, 1.165) is 6.07 Å². The molecule has 0 N–H and O–H groups in total. The topological polar surface area (TPSA) is 35.5 Å².